The maximum atomic E-state index is 13.5. The number of halogens is 1. The molecule has 110 valence electrons. The monoisotopic (exact) mass is 276 g/mol. The fraction of sp³-hybridized carbons (Fsp3) is 0.647. The number of piperazine rings is 1. The first-order valence-electron chi connectivity index (χ1n) is 7.93. The third kappa shape index (κ3) is 2.89. The summed E-state index contributed by atoms with van der Waals surface area (Å²) >= 11 is 0. The second kappa shape index (κ2) is 5.82. The van der Waals surface area contributed by atoms with Crippen molar-refractivity contribution in [3.05, 3.63) is 35.6 Å². The zero-order valence-electron chi connectivity index (χ0n) is 12.5. The van der Waals surface area contributed by atoms with Crippen LogP contribution in [0.3, 0.4) is 0 Å². The van der Waals surface area contributed by atoms with Crippen LogP contribution in [-0.4, -0.2) is 30.1 Å². The number of hydrogen-bond acceptors (Lipinski definition) is 2. The van der Waals surface area contributed by atoms with Gasteiger partial charge in [0.15, 0.2) is 0 Å². The topological polar surface area (TPSA) is 15.3 Å². The molecule has 3 heteroatoms. The molecule has 1 aromatic carbocycles. The van der Waals surface area contributed by atoms with E-state index in [1.165, 1.54) is 18.9 Å². The van der Waals surface area contributed by atoms with Gasteiger partial charge in [0, 0.05) is 31.2 Å². The third-order valence-electron chi connectivity index (χ3n) is 4.98. The van der Waals surface area contributed by atoms with E-state index in [9.17, 15) is 4.39 Å². The molecule has 20 heavy (non-hydrogen) atoms. The summed E-state index contributed by atoms with van der Waals surface area (Å²) in [6, 6.07) is 8.57. The van der Waals surface area contributed by atoms with E-state index in [0.29, 0.717) is 18.1 Å². The maximum Gasteiger partial charge on any atom is 0.123 e. The molecule has 3 unspecified atom stereocenters. The number of rotatable bonds is 4. The quantitative estimate of drug-likeness (QED) is 0.907. The molecule has 1 saturated carbocycles. The summed E-state index contributed by atoms with van der Waals surface area (Å²) in [5, 5.41) is 3.71. The Kier molecular flexibility index (Phi) is 4.08. The highest BCUT2D eigenvalue weighted by atomic mass is 19.1. The molecule has 2 nitrogen and oxygen atoms in total. The zero-order valence-corrected chi connectivity index (χ0v) is 12.5. The molecular formula is C17H25FN2. The number of nitrogens with one attached hydrogen (secondary N) is 1. The lowest BCUT2D eigenvalue weighted by Gasteiger charge is -2.44. The van der Waals surface area contributed by atoms with Crippen LogP contribution < -0.4 is 5.32 Å². The van der Waals surface area contributed by atoms with Crippen LogP contribution in [-0.2, 0) is 0 Å². The van der Waals surface area contributed by atoms with Gasteiger partial charge in [-0.15, -0.1) is 0 Å². The molecule has 1 heterocycles. The minimum atomic E-state index is -0.128. The van der Waals surface area contributed by atoms with Crippen molar-refractivity contribution in [1.29, 1.82) is 0 Å². The van der Waals surface area contributed by atoms with Crippen LogP contribution >= 0.6 is 0 Å². The van der Waals surface area contributed by atoms with Gasteiger partial charge in [-0.2, -0.15) is 0 Å². The third-order valence-corrected chi connectivity index (χ3v) is 4.98. The van der Waals surface area contributed by atoms with Gasteiger partial charge in [-0.1, -0.05) is 19.1 Å². The summed E-state index contributed by atoms with van der Waals surface area (Å²) in [5.74, 6) is 0.742. The largest absolute Gasteiger partial charge is 0.311 e. The van der Waals surface area contributed by atoms with Gasteiger partial charge >= 0.3 is 0 Å². The Hall–Kier alpha value is -0.930. The fourth-order valence-corrected chi connectivity index (χ4v) is 3.47. The van der Waals surface area contributed by atoms with E-state index in [0.717, 1.165) is 31.0 Å². The van der Waals surface area contributed by atoms with E-state index < -0.39 is 0 Å². The highest BCUT2D eigenvalue weighted by Crippen LogP contribution is 2.36. The minimum absolute atomic E-state index is 0.128. The Labute approximate surface area is 121 Å². The first-order valence-corrected chi connectivity index (χ1v) is 7.93. The van der Waals surface area contributed by atoms with Crippen LogP contribution in [0.15, 0.2) is 24.3 Å². The second-order valence-corrected chi connectivity index (χ2v) is 6.34. The van der Waals surface area contributed by atoms with Crippen molar-refractivity contribution in [2.24, 2.45) is 5.92 Å². The van der Waals surface area contributed by atoms with Gasteiger partial charge in [0.25, 0.3) is 0 Å². The molecule has 0 spiro atoms. The smallest absolute Gasteiger partial charge is 0.123 e. The number of hydrogen-bond donors (Lipinski definition) is 1. The van der Waals surface area contributed by atoms with Gasteiger partial charge in [0.05, 0.1) is 0 Å². The number of benzene rings is 1. The van der Waals surface area contributed by atoms with Gasteiger partial charge in [-0.05, 0) is 49.8 Å². The number of nitrogens with zero attached hydrogens (tertiary/aromatic N) is 1. The molecule has 1 aliphatic heterocycles. The van der Waals surface area contributed by atoms with E-state index in [1.54, 1.807) is 6.07 Å². The molecule has 0 bridgehead atoms. The SMILES string of the molecule is CCC1CNC(C2CC2)CN1C(C)c1cccc(F)c1. The predicted molar refractivity (Wildman–Crippen MR) is 80.1 cm³/mol. The first-order chi connectivity index (χ1) is 9.69. The summed E-state index contributed by atoms with van der Waals surface area (Å²) in [6.45, 7) is 6.62. The van der Waals surface area contributed by atoms with Gasteiger partial charge in [0.2, 0.25) is 0 Å². The van der Waals surface area contributed by atoms with Crippen molar-refractivity contribution in [2.75, 3.05) is 13.1 Å². The lowest BCUT2D eigenvalue weighted by molar-refractivity contribution is 0.0802. The van der Waals surface area contributed by atoms with E-state index in [1.807, 2.05) is 6.07 Å². The van der Waals surface area contributed by atoms with Crippen molar-refractivity contribution >= 4 is 0 Å². The van der Waals surface area contributed by atoms with Crippen LogP contribution in [0.2, 0.25) is 0 Å². The van der Waals surface area contributed by atoms with Crippen LogP contribution in [0.1, 0.15) is 44.7 Å². The summed E-state index contributed by atoms with van der Waals surface area (Å²) in [7, 11) is 0. The van der Waals surface area contributed by atoms with E-state index in [4.69, 9.17) is 0 Å². The lowest BCUT2D eigenvalue weighted by atomic mass is 9.98. The summed E-state index contributed by atoms with van der Waals surface area (Å²) in [6.07, 6.45) is 3.89. The Bertz CT molecular complexity index is 458. The molecule has 1 saturated heterocycles. The molecule has 3 atom stereocenters. The zero-order chi connectivity index (χ0) is 14.1. The maximum absolute atomic E-state index is 13.5. The van der Waals surface area contributed by atoms with E-state index in [2.05, 4.69) is 30.1 Å². The Morgan fingerprint density at radius 2 is 2.20 bits per heavy atom. The van der Waals surface area contributed by atoms with E-state index in [-0.39, 0.29) is 5.82 Å². The predicted octanol–water partition coefficient (Wildman–Crippen LogP) is 3.35. The molecule has 2 fully saturated rings. The minimum Gasteiger partial charge on any atom is -0.311 e. The first kappa shape index (κ1) is 14.0. The van der Waals surface area contributed by atoms with Crippen LogP contribution in [0.25, 0.3) is 0 Å². The molecule has 1 N–H and O–H groups in total. The lowest BCUT2D eigenvalue weighted by Crippen LogP contribution is -2.57. The Balaban J connectivity index is 1.76. The molecule has 0 radical (unpaired) electrons. The van der Waals surface area contributed by atoms with E-state index >= 15 is 0 Å². The molecular weight excluding hydrogens is 251 g/mol. The van der Waals surface area contributed by atoms with Crippen molar-refractivity contribution in [3.63, 3.8) is 0 Å². The summed E-state index contributed by atoms with van der Waals surface area (Å²) in [4.78, 5) is 2.58. The summed E-state index contributed by atoms with van der Waals surface area (Å²) in [5.41, 5.74) is 1.10. The highest BCUT2D eigenvalue weighted by Gasteiger charge is 2.38. The van der Waals surface area contributed by atoms with Crippen LogP contribution in [0.4, 0.5) is 4.39 Å². The normalized spacial score (nSPS) is 29.4. The molecule has 1 aromatic rings. The van der Waals surface area contributed by atoms with Gasteiger partial charge in [0.1, 0.15) is 5.82 Å². The van der Waals surface area contributed by atoms with Crippen molar-refractivity contribution < 1.29 is 4.39 Å². The van der Waals surface area contributed by atoms with Gasteiger partial charge in [-0.3, -0.25) is 4.90 Å². The molecule has 3 rings (SSSR count). The Morgan fingerprint density at radius 1 is 1.40 bits per heavy atom. The average molecular weight is 276 g/mol. The van der Waals surface area contributed by atoms with Crippen molar-refractivity contribution in [2.45, 2.75) is 51.2 Å². The molecule has 0 aromatic heterocycles. The van der Waals surface area contributed by atoms with Crippen LogP contribution in [0, 0.1) is 11.7 Å². The standard InChI is InChI=1S/C17H25FN2/c1-3-16-10-19-17(13-7-8-13)11-20(16)12(2)14-5-4-6-15(18)9-14/h4-6,9,12-13,16-17,19H,3,7-8,10-11H2,1-2H3. The summed E-state index contributed by atoms with van der Waals surface area (Å²) < 4.78 is 13.5. The van der Waals surface area contributed by atoms with Gasteiger partial charge in [-0.25, -0.2) is 4.39 Å². The molecule has 2 aliphatic rings. The Morgan fingerprint density at radius 3 is 2.85 bits per heavy atom. The van der Waals surface area contributed by atoms with Crippen molar-refractivity contribution in [1.82, 2.24) is 10.2 Å². The van der Waals surface area contributed by atoms with Crippen LogP contribution in [0.5, 0.6) is 0 Å². The fourth-order valence-electron chi connectivity index (χ4n) is 3.47. The average Bonchev–Trinajstić information content (AvgIpc) is 3.30. The van der Waals surface area contributed by atoms with Gasteiger partial charge < -0.3 is 5.32 Å². The molecule has 1 aliphatic carbocycles. The second-order valence-electron chi connectivity index (χ2n) is 6.34. The molecule has 0 amide bonds. The highest BCUT2D eigenvalue weighted by molar-refractivity contribution is 5.20. The van der Waals surface area contributed by atoms with Crippen molar-refractivity contribution in [3.8, 4) is 0 Å².